The predicted octanol–water partition coefficient (Wildman–Crippen LogP) is 17.7. The molecule has 4 nitrogen and oxygen atoms in total. The van der Waals surface area contributed by atoms with Gasteiger partial charge in [-0.1, -0.05) is 189 Å². The summed E-state index contributed by atoms with van der Waals surface area (Å²) in [6.45, 7) is 40.1. The van der Waals surface area contributed by atoms with E-state index in [1.165, 1.54) is 149 Å². The number of rotatable bonds is 5. The van der Waals surface area contributed by atoms with E-state index in [2.05, 4.69) is 277 Å². The number of fused-ring (bicyclic) bond motifs is 10. The maximum absolute atomic E-state index is 2.69. The van der Waals surface area contributed by atoms with E-state index in [1.54, 1.807) is 0 Å². The minimum absolute atomic E-state index is 0.00645. The van der Waals surface area contributed by atoms with Crippen molar-refractivity contribution in [3.05, 3.63) is 172 Å². The van der Waals surface area contributed by atoms with Gasteiger partial charge in [-0.15, -0.1) is 0 Å². The van der Waals surface area contributed by atoms with Gasteiger partial charge in [0.05, 0.1) is 29.5 Å². The van der Waals surface area contributed by atoms with E-state index in [9.17, 15) is 0 Å². The third-order valence-electron chi connectivity index (χ3n) is 18.0. The zero-order valence-electron chi connectivity index (χ0n) is 50.1. The molecule has 0 fully saturated rings. The van der Waals surface area contributed by atoms with E-state index in [-0.39, 0.29) is 28.4 Å². The van der Waals surface area contributed by atoms with Gasteiger partial charge in [-0.05, 0) is 162 Å². The van der Waals surface area contributed by atoms with Gasteiger partial charge in [-0.25, -0.2) is 4.57 Å². The van der Waals surface area contributed by atoms with Crippen LogP contribution in [0.25, 0.3) is 66.7 Å². The fourth-order valence-electron chi connectivity index (χ4n) is 13.5. The lowest BCUT2D eigenvalue weighted by Crippen LogP contribution is -2.61. The van der Waals surface area contributed by atoms with Crippen LogP contribution in [0, 0.1) is 6.92 Å². The van der Waals surface area contributed by atoms with Crippen LogP contribution in [0.5, 0.6) is 0 Å². The number of benzene rings is 8. The maximum atomic E-state index is 2.69. The molecule has 0 spiro atoms. The maximum Gasteiger partial charge on any atom is 0.295 e. The quantitative estimate of drug-likeness (QED) is 0.126. The summed E-state index contributed by atoms with van der Waals surface area (Å²) < 4.78 is 7.69. The SMILES string of the molecule is Cc1cc(-c2cc3c4c(c2)-n2c5ccc(C(C)(C)C)cc5c5cc(C(C)(C)C)cc(c52)B4c2cc(C(C)(C)C)cc4c2N3c2ccc(C(C)(C)C)cc2S4)ccc1-c1n(-c2c(C(C)C)cccc2C(C)C)c2ccccc2[n+]1C. The molecule has 13 rings (SSSR count). The Morgan fingerprint density at radius 3 is 1.73 bits per heavy atom. The topological polar surface area (TPSA) is 17.0 Å². The number of nitrogens with zero attached hydrogens (tertiary/aromatic N) is 4. The van der Waals surface area contributed by atoms with Crippen LogP contribution in [0.2, 0.25) is 0 Å². The number of imidazole rings is 1. The molecular formula is C73H78BN4S+. The van der Waals surface area contributed by atoms with Crippen molar-refractivity contribution in [3.8, 4) is 33.9 Å². The molecule has 8 aromatic carbocycles. The fourth-order valence-corrected chi connectivity index (χ4v) is 14.7. The van der Waals surface area contributed by atoms with E-state index in [4.69, 9.17) is 0 Å². The smallest absolute Gasteiger partial charge is 0.295 e. The van der Waals surface area contributed by atoms with Crippen molar-refractivity contribution in [2.45, 2.75) is 161 Å². The van der Waals surface area contributed by atoms with Gasteiger partial charge in [0.1, 0.15) is 5.69 Å². The number of aromatic nitrogens is 3. The van der Waals surface area contributed by atoms with Crippen LogP contribution < -0.4 is 25.9 Å². The second kappa shape index (κ2) is 17.4. The van der Waals surface area contributed by atoms with Crippen molar-refractivity contribution in [2.24, 2.45) is 7.05 Å². The lowest BCUT2D eigenvalue weighted by atomic mass is 9.33. The number of anilines is 3. The summed E-state index contributed by atoms with van der Waals surface area (Å²) >= 11 is 1.97. The first-order chi connectivity index (χ1) is 37.2. The molecule has 398 valence electrons. The van der Waals surface area contributed by atoms with E-state index in [1.807, 2.05) is 11.8 Å². The molecule has 0 saturated carbocycles. The third-order valence-corrected chi connectivity index (χ3v) is 19.1. The minimum Gasteiger partial charge on any atom is -0.310 e. The van der Waals surface area contributed by atoms with Gasteiger partial charge in [0.25, 0.3) is 12.5 Å². The first-order valence-corrected chi connectivity index (χ1v) is 29.9. The summed E-state index contributed by atoms with van der Waals surface area (Å²) in [6, 6.07) is 53.2. The average Bonchev–Trinajstić information content (AvgIpc) is 3.49. The molecule has 0 unspecified atom stereocenters. The normalized spacial score (nSPS) is 14.1. The molecule has 2 aromatic heterocycles. The highest BCUT2D eigenvalue weighted by Crippen LogP contribution is 2.55. The molecule has 79 heavy (non-hydrogen) atoms. The Labute approximate surface area is 475 Å². The monoisotopic (exact) mass is 1050 g/mol. The van der Waals surface area contributed by atoms with Crippen molar-refractivity contribution in [1.29, 1.82) is 0 Å². The summed E-state index contributed by atoms with van der Waals surface area (Å²) in [7, 11) is 2.25. The van der Waals surface area contributed by atoms with Crippen molar-refractivity contribution >= 4 is 84.8 Å². The largest absolute Gasteiger partial charge is 0.310 e. The Bertz CT molecular complexity index is 4220. The van der Waals surface area contributed by atoms with Gasteiger partial charge >= 0.3 is 0 Å². The molecule has 0 N–H and O–H groups in total. The van der Waals surface area contributed by atoms with E-state index >= 15 is 0 Å². The standard InChI is InChI=1S/C73H78BN4S/c1-41(2)50-22-21-23-51(42(3)4)66(50)78-59-25-20-19-24-58(59)75(18)69(78)52-29-26-44(32-43(52)5)45-33-61-65-62(34-45)77-60-31-28-47(71(9,10)11)39-63(60)79-64-40-49(73(15,16)17)38-56(68(64)77)74(65)55-37-48(72(12,13)14)36-54-53-35-46(70(6,7)8)27-30-57(53)76(61)67(54)55/h19-42H,1-18H3/q+1. The van der Waals surface area contributed by atoms with Crippen molar-refractivity contribution < 1.29 is 4.57 Å². The van der Waals surface area contributed by atoms with Gasteiger partial charge < -0.3 is 9.47 Å². The predicted molar refractivity (Wildman–Crippen MR) is 341 cm³/mol. The number of para-hydroxylation sites is 3. The number of aryl methyl sites for hydroxylation is 2. The molecule has 0 amide bonds. The Hall–Kier alpha value is -6.76. The molecule has 0 atom stereocenters. The highest BCUT2D eigenvalue weighted by molar-refractivity contribution is 7.99. The van der Waals surface area contributed by atoms with E-state index in [0.29, 0.717) is 11.8 Å². The zero-order chi connectivity index (χ0) is 55.9. The van der Waals surface area contributed by atoms with Gasteiger partial charge in [-0.3, -0.25) is 0 Å². The van der Waals surface area contributed by atoms with Crippen LogP contribution >= 0.6 is 11.8 Å². The number of hydrogen-bond donors (Lipinski definition) is 0. The van der Waals surface area contributed by atoms with Crippen molar-refractivity contribution in [1.82, 2.24) is 9.13 Å². The van der Waals surface area contributed by atoms with Crippen molar-refractivity contribution in [3.63, 3.8) is 0 Å². The Kier molecular flexibility index (Phi) is 11.4. The fraction of sp³-hybridized carbons (Fsp3) is 0.329. The summed E-state index contributed by atoms with van der Waals surface area (Å²) in [5, 5.41) is 2.68. The lowest BCUT2D eigenvalue weighted by molar-refractivity contribution is -0.633. The molecular weight excluding hydrogens is 976 g/mol. The van der Waals surface area contributed by atoms with Gasteiger partial charge in [-0.2, -0.15) is 4.57 Å². The van der Waals surface area contributed by atoms with Crippen LogP contribution in [0.15, 0.2) is 143 Å². The lowest BCUT2D eigenvalue weighted by Gasteiger charge is -2.45. The summed E-state index contributed by atoms with van der Waals surface area (Å²) in [6.07, 6.45) is 0. The molecule has 0 aliphatic carbocycles. The molecule has 0 bridgehead atoms. The Morgan fingerprint density at radius 2 is 1.08 bits per heavy atom. The molecule has 3 aliphatic heterocycles. The Morgan fingerprint density at radius 1 is 0.481 bits per heavy atom. The highest BCUT2D eigenvalue weighted by Gasteiger charge is 2.46. The number of hydrogen-bond acceptors (Lipinski definition) is 2. The highest BCUT2D eigenvalue weighted by atomic mass is 32.2. The first kappa shape index (κ1) is 51.7. The second-order valence-electron chi connectivity index (χ2n) is 28.3. The minimum atomic E-state index is -0.0649. The van der Waals surface area contributed by atoms with Gasteiger partial charge in [0.2, 0.25) is 0 Å². The van der Waals surface area contributed by atoms with E-state index in [0.717, 1.165) is 0 Å². The Balaban J connectivity index is 1.13. The average molecular weight is 1050 g/mol. The molecule has 0 saturated heterocycles. The van der Waals surface area contributed by atoms with Gasteiger partial charge in [0, 0.05) is 48.6 Å². The molecule has 6 heteroatoms. The zero-order valence-corrected chi connectivity index (χ0v) is 50.9. The first-order valence-electron chi connectivity index (χ1n) is 29.1. The van der Waals surface area contributed by atoms with Crippen molar-refractivity contribution in [2.75, 3.05) is 4.90 Å². The molecule has 0 radical (unpaired) electrons. The molecule has 5 heterocycles. The van der Waals surface area contributed by atoms with Crippen LogP contribution in [0.4, 0.5) is 17.1 Å². The van der Waals surface area contributed by atoms with Gasteiger partial charge in [0.15, 0.2) is 11.0 Å². The van der Waals surface area contributed by atoms with Crippen LogP contribution in [0.3, 0.4) is 0 Å². The van der Waals surface area contributed by atoms with Crippen LogP contribution in [0.1, 0.15) is 162 Å². The molecule has 3 aliphatic rings. The second-order valence-corrected chi connectivity index (χ2v) is 29.3. The summed E-state index contributed by atoms with van der Waals surface area (Å²) in [4.78, 5) is 5.34. The molecule has 10 aromatic rings. The van der Waals surface area contributed by atoms with E-state index < -0.39 is 0 Å². The van der Waals surface area contributed by atoms with Crippen LogP contribution in [-0.4, -0.2) is 15.8 Å². The summed E-state index contributed by atoms with van der Waals surface area (Å²) in [5.41, 5.74) is 28.7. The summed E-state index contributed by atoms with van der Waals surface area (Å²) in [5.74, 6) is 1.89. The third kappa shape index (κ3) is 7.80. The van der Waals surface area contributed by atoms with Crippen LogP contribution in [-0.2, 0) is 28.7 Å².